The van der Waals surface area contributed by atoms with Crippen LogP contribution in [-0.4, -0.2) is 19.6 Å². The van der Waals surface area contributed by atoms with Crippen molar-refractivity contribution in [1.29, 1.82) is 0 Å². The molecule has 1 aromatic rings. The van der Waals surface area contributed by atoms with Gasteiger partial charge in [0.05, 0.1) is 14.2 Å². The molecule has 0 amide bonds. The SMILES string of the molecule is COc1cc(C(C)C)c(OC)cc1C=S. The number of thiocarbonyl (C=S) groups is 1. The van der Waals surface area contributed by atoms with Gasteiger partial charge in [-0.1, -0.05) is 26.1 Å². The van der Waals surface area contributed by atoms with E-state index in [9.17, 15) is 0 Å². The maximum Gasteiger partial charge on any atom is 0.127 e. The van der Waals surface area contributed by atoms with E-state index in [4.69, 9.17) is 21.7 Å². The number of hydrogen-bond donors (Lipinski definition) is 0. The number of benzene rings is 1. The smallest absolute Gasteiger partial charge is 0.127 e. The monoisotopic (exact) mass is 224 g/mol. The first-order valence-electron chi connectivity index (χ1n) is 4.85. The van der Waals surface area contributed by atoms with E-state index >= 15 is 0 Å². The summed E-state index contributed by atoms with van der Waals surface area (Å²) in [5, 5.41) is 1.60. The summed E-state index contributed by atoms with van der Waals surface area (Å²) in [7, 11) is 3.31. The largest absolute Gasteiger partial charge is 0.496 e. The second kappa shape index (κ2) is 5.12. The van der Waals surface area contributed by atoms with Crippen molar-refractivity contribution >= 4 is 17.6 Å². The van der Waals surface area contributed by atoms with Crippen molar-refractivity contribution in [2.24, 2.45) is 0 Å². The summed E-state index contributed by atoms with van der Waals surface area (Å²) in [5.41, 5.74) is 2.02. The summed E-state index contributed by atoms with van der Waals surface area (Å²) >= 11 is 4.93. The van der Waals surface area contributed by atoms with Gasteiger partial charge >= 0.3 is 0 Å². The van der Waals surface area contributed by atoms with Crippen LogP contribution in [0.1, 0.15) is 30.9 Å². The first-order chi connectivity index (χ1) is 7.13. The van der Waals surface area contributed by atoms with Crippen LogP contribution < -0.4 is 9.47 Å². The molecule has 0 unspecified atom stereocenters. The van der Waals surface area contributed by atoms with Crippen molar-refractivity contribution < 1.29 is 9.47 Å². The lowest BCUT2D eigenvalue weighted by Crippen LogP contribution is -1.98. The molecule has 0 spiro atoms. The van der Waals surface area contributed by atoms with Gasteiger partial charge in [0.25, 0.3) is 0 Å². The molecule has 3 heteroatoms. The van der Waals surface area contributed by atoms with Crippen LogP contribution >= 0.6 is 12.2 Å². The Morgan fingerprint density at radius 2 is 1.73 bits per heavy atom. The standard InChI is InChI=1S/C12H16O2S/c1-8(2)10-6-11(13-3)9(7-15)5-12(10)14-4/h5-8H,1-4H3. The fourth-order valence-electron chi connectivity index (χ4n) is 1.49. The maximum atomic E-state index is 5.33. The predicted octanol–water partition coefficient (Wildman–Crippen LogP) is 3.18. The zero-order valence-electron chi connectivity index (χ0n) is 9.53. The van der Waals surface area contributed by atoms with Crippen LogP contribution in [0.3, 0.4) is 0 Å². The first-order valence-corrected chi connectivity index (χ1v) is 5.32. The molecular weight excluding hydrogens is 208 g/mol. The second-order valence-electron chi connectivity index (χ2n) is 3.61. The third kappa shape index (κ3) is 2.48. The molecule has 0 N–H and O–H groups in total. The molecule has 0 heterocycles. The third-order valence-electron chi connectivity index (χ3n) is 2.33. The van der Waals surface area contributed by atoms with Crippen LogP contribution in [0, 0.1) is 0 Å². The summed E-state index contributed by atoms with van der Waals surface area (Å²) in [4.78, 5) is 0. The Hall–Kier alpha value is -1.09. The Bertz CT molecular complexity index is 359. The van der Waals surface area contributed by atoms with Gasteiger partial charge < -0.3 is 9.47 Å². The Morgan fingerprint density at radius 1 is 1.13 bits per heavy atom. The zero-order valence-corrected chi connectivity index (χ0v) is 10.4. The minimum atomic E-state index is 0.396. The molecule has 0 saturated carbocycles. The topological polar surface area (TPSA) is 18.5 Å². The first kappa shape index (κ1) is 12.0. The molecule has 1 rings (SSSR count). The molecule has 2 nitrogen and oxygen atoms in total. The quantitative estimate of drug-likeness (QED) is 0.732. The van der Waals surface area contributed by atoms with Gasteiger partial charge in [0.15, 0.2) is 0 Å². The Labute approximate surface area is 96.2 Å². The molecule has 0 fully saturated rings. The normalized spacial score (nSPS) is 10.2. The van der Waals surface area contributed by atoms with Gasteiger partial charge in [0, 0.05) is 16.5 Å². The minimum Gasteiger partial charge on any atom is -0.496 e. The highest BCUT2D eigenvalue weighted by atomic mass is 32.1. The van der Waals surface area contributed by atoms with E-state index in [-0.39, 0.29) is 0 Å². The van der Waals surface area contributed by atoms with Crippen molar-refractivity contribution in [2.75, 3.05) is 14.2 Å². The van der Waals surface area contributed by atoms with Crippen LogP contribution in [0.4, 0.5) is 0 Å². The van der Waals surface area contributed by atoms with Crippen molar-refractivity contribution in [2.45, 2.75) is 19.8 Å². The van der Waals surface area contributed by atoms with Crippen LogP contribution in [0.2, 0.25) is 0 Å². The van der Waals surface area contributed by atoms with Crippen molar-refractivity contribution in [1.82, 2.24) is 0 Å². The van der Waals surface area contributed by atoms with Gasteiger partial charge in [-0.3, -0.25) is 0 Å². The van der Waals surface area contributed by atoms with Crippen molar-refractivity contribution in [3.8, 4) is 11.5 Å². The van der Waals surface area contributed by atoms with Crippen LogP contribution in [0.25, 0.3) is 0 Å². The molecule has 0 bridgehead atoms. The average molecular weight is 224 g/mol. The Balaban J connectivity index is 3.33. The van der Waals surface area contributed by atoms with Crippen molar-refractivity contribution in [3.63, 3.8) is 0 Å². The Morgan fingerprint density at radius 3 is 2.13 bits per heavy atom. The minimum absolute atomic E-state index is 0.396. The van der Waals surface area contributed by atoms with Crippen LogP contribution in [-0.2, 0) is 0 Å². The number of ether oxygens (including phenoxy) is 2. The summed E-state index contributed by atoms with van der Waals surface area (Å²) in [6.45, 7) is 4.24. The molecule has 0 aliphatic rings. The fraction of sp³-hybridized carbons (Fsp3) is 0.417. The highest BCUT2D eigenvalue weighted by molar-refractivity contribution is 7.79. The maximum absolute atomic E-state index is 5.33. The van der Waals surface area contributed by atoms with Gasteiger partial charge in [0.1, 0.15) is 11.5 Å². The fourth-order valence-corrected chi connectivity index (χ4v) is 1.67. The van der Waals surface area contributed by atoms with Crippen LogP contribution in [0.5, 0.6) is 11.5 Å². The molecule has 15 heavy (non-hydrogen) atoms. The van der Waals surface area contributed by atoms with Crippen molar-refractivity contribution in [3.05, 3.63) is 23.3 Å². The van der Waals surface area contributed by atoms with E-state index in [0.29, 0.717) is 5.92 Å². The molecule has 0 saturated heterocycles. The molecule has 0 aromatic heterocycles. The van der Waals surface area contributed by atoms with Gasteiger partial charge in [0.2, 0.25) is 0 Å². The van der Waals surface area contributed by atoms with Crippen LogP contribution in [0.15, 0.2) is 12.1 Å². The molecule has 1 aromatic carbocycles. The molecule has 82 valence electrons. The van der Waals surface area contributed by atoms with E-state index in [1.54, 1.807) is 19.6 Å². The molecule has 0 aliphatic carbocycles. The van der Waals surface area contributed by atoms with E-state index in [2.05, 4.69) is 13.8 Å². The highest BCUT2D eigenvalue weighted by Crippen LogP contribution is 2.32. The van der Waals surface area contributed by atoms with Gasteiger partial charge in [-0.15, -0.1) is 0 Å². The highest BCUT2D eigenvalue weighted by Gasteiger charge is 2.12. The zero-order chi connectivity index (χ0) is 11.4. The predicted molar refractivity (Wildman–Crippen MR) is 66.4 cm³/mol. The summed E-state index contributed by atoms with van der Waals surface area (Å²) in [6, 6.07) is 3.91. The van der Waals surface area contributed by atoms with E-state index in [1.165, 1.54) is 0 Å². The second-order valence-corrected chi connectivity index (χ2v) is 3.84. The van der Waals surface area contributed by atoms with Gasteiger partial charge in [-0.05, 0) is 18.1 Å². The summed E-state index contributed by atoms with van der Waals surface area (Å²) in [6.07, 6.45) is 0. The molecule has 0 atom stereocenters. The third-order valence-corrected chi connectivity index (χ3v) is 2.58. The van der Waals surface area contributed by atoms with Gasteiger partial charge in [-0.2, -0.15) is 0 Å². The number of rotatable bonds is 4. The number of hydrogen-bond acceptors (Lipinski definition) is 3. The van der Waals surface area contributed by atoms with E-state index in [0.717, 1.165) is 22.6 Å². The lowest BCUT2D eigenvalue weighted by Gasteiger charge is -2.15. The molecule has 0 aliphatic heterocycles. The molecule has 0 radical (unpaired) electrons. The van der Waals surface area contributed by atoms with E-state index in [1.807, 2.05) is 12.1 Å². The van der Waals surface area contributed by atoms with Gasteiger partial charge in [-0.25, -0.2) is 0 Å². The number of methoxy groups -OCH3 is 2. The Kier molecular flexibility index (Phi) is 4.09. The lowest BCUT2D eigenvalue weighted by molar-refractivity contribution is 0.396. The summed E-state index contributed by atoms with van der Waals surface area (Å²) in [5.74, 6) is 2.06. The lowest BCUT2D eigenvalue weighted by atomic mass is 10.00. The average Bonchev–Trinajstić information content (AvgIpc) is 2.26. The summed E-state index contributed by atoms with van der Waals surface area (Å²) < 4.78 is 10.6. The van der Waals surface area contributed by atoms with E-state index < -0.39 is 0 Å². The molecular formula is C12H16O2S.